The molecule has 0 bridgehead atoms. The summed E-state index contributed by atoms with van der Waals surface area (Å²) < 4.78 is 0. The summed E-state index contributed by atoms with van der Waals surface area (Å²) in [7, 11) is 0. The maximum atomic E-state index is 6.18. The Morgan fingerprint density at radius 2 is 2.06 bits per heavy atom. The first kappa shape index (κ1) is 13.9. The highest BCUT2D eigenvalue weighted by atomic mass is 35.5. The minimum atomic E-state index is 0.516. The van der Waals surface area contributed by atoms with E-state index in [4.69, 9.17) is 11.6 Å². The van der Waals surface area contributed by atoms with Crippen molar-refractivity contribution in [1.82, 2.24) is 5.32 Å². The molecular weight excluding hydrogens is 242 g/mol. The van der Waals surface area contributed by atoms with Gasteiger partial charge in [0.1, 0.15) is 0 Å². The topological polar surface area (TPSA) is 12.0 Å². The van der Waals surface area contributed by atoms with Gasteiger partial charge in [-0.25, -0.2) is 0 Å². The third-order valence-corrected chi connectivity index (χ3v) is 4.57. The molecule has 1 fully saturated rings. The van der Waals surface area contributed by atoms with Crippen molar-refractivity contribution in [1.29, 1.82) is 0 Å². The van der Waals surface area contributed by atoms with Crippen LogP contribution in [0, 0.1) is 11.3 Å². The third kappa shape index (κ3) is 3.49. The second-order valence-corrected chi connectivity index (χ2v) is 6.87. The maximum absolute atomic E-state index is 6.18. The lowest BCUT2D eigenvalue weighted by atomic mass is 9.70. The molecule has 1 aliphatic rings. The molecule has 2 unspecified atom stereocenters. The lowest BCUT2D eigenvalue weighted by molar-refractivity contribution is 0.148. The summed E-state index contributed by atoms with van der Waals surface area (Å²) in [6.07, 6.45) is 3.91. The van der Waals surface area contributed by atoms with Crippen molar-refractivity contribution < 1.29 is 0 Å². The van der Waals surface area contributed by atoms with E-state index in [0.29, 0.717) is 11.5 Å². The first-order valence-electron chi connectivity index (χ1n) is 6.95. The summed E-state index contributed by atoms with van der Waals surface area (Å²) in [5.74, 6) is 0.747. The normalized spacial score (nSPS) is 27.1. The molecule has 0 aromatic heterocycles. The van der Waals surface area contributed by atoms with E-state index in [1.165, 1.54) is 24.8 Å². The fourth-order valence-electron chi connectivity index (χ4n) is 3.13. The highest BCUT2D eigenvalue weighted by Gasteiger charge is 2.31. The largest absolute Gasteiger partial charge is 0.310 e. The van der Waals surface area contributed by atoms with Crippen LogP contribution in [0.25, 0.3) is 0 Å². The van der Waals surface area contributed by atoms with Crippen LogP contribution < -0.4 is 5.32 Å². The Hall–Kier alpha value is -0.530. The quantitative estimate of drug-likeness (QED) is 0.839. The second kappa shape index (κ2) is 5.63. The molecule has 2 atom stereocenters. The van der Waals surface area contributed by atoms with E-state index in [9.17, 15) is 0 Å². The van der Waals surface area contributed by atoms with Gasteiger partial charge in [-0.3, -0.25) is 0 Å². The van der Waals surface area contributed by atoms with Crippen LogP contribution in [-0.2, 0) is 6.54 Å². The SMILES string of the molecule is CC1CC(C)(C)CCC1NCc1ccccc1Cl. The van der Waals surface area contributed by atoms with Crippen LogP contribution in [0.2, 0.25) is 5.02 Å². The molecule has 1 saturated carbocycles. The van der Waals surface area contributed by atoms with Gasteiger partial charge in [0.05, 0.1) is 0 Å². The Labute approximate surface area is 116 Å². The number of benzene rings is 1. The van der Waals surface area contributed by atoms with Crippen LogP contribution in [0.4, 0.5) is 0 Å². The average Bonchev–Trinajstić information content (AvgIpc) is 2.29. The van der Waals surface area contributed by atoms with Crippen molar-refractivity contribution >= 4 is 11.6 Å². The molecule has 2 heteroatoms. The minimum absolute atomic E-state index is 0.516. The molecule has 0 spiro atoms. The molecule has 0 aliphatic heterocycles. The fourth-order valence-corrected chi connectivity index (χ4v) is 3.34. The molecule has 1 N–H and O–H groups in total. The van der Waals surface area contributed by atoms with Gasteiger partial charge in [0.2, 0.25) is 0 Å². The summed E-state index contributed by atoms with van der Waals surface area (Å²) >= 11 is 6.18. The molecule has 18 heavy (non-hydrogen) atoms. The molecule has 100 valence electrons. The van der Waals surface area contributed by atoms with Crippen LogP contribution >= 0.6 is 11.6 Å². The number of rotatable bonds is 3. The molecule has 1 aromatic rings. The smallest absolute Gasteiger partial charge is 0.0450 e. The van der Waals surface area contributed by atoms with Crippen LogP contribution in [0.3, 0.4) is 0 Å². The van der Waals surface area contributed by atoms with Crippen molar-refractivity contribution in [3.8, 4) is 0 Å². The predicted molar refractivity (Wildman–Crippen MR) is 78.9 cm³/mol. The zero-order valence-corrected chi connectivity index (χ0v) is 12.4. The average molecular weight is 266 g/mol. The van der Waals surface area contributed by atoms with Gasteiger partial charge in [-0.15, -0.1) is 0 Å². The second-order valence-electron chi connectivity index (χ2n) is 6.46. The monoisotopic (exact) mass is 265 g/mol. The first-order chi connectivity index (χ1) is 8.48. The molecular formula is C16H24ClN. The molecule has 1 aliphatic carbocycles. The summed E-state index contributed by atoms with van der Waals surface area (Å²) in [4.78, 5) is 0. The fraction of sp³-hybridized carbons (Fsp3) is 0.625. The van der Waals surface area contributed by atoms with Crippen molar-refractivity contribution in [3.05, 3.63) is 34.9 Å². The number of hydrogen-bond acceptors (Lipinski definition) is 1. The number of halogens is 1. The summed E-state index contributed by atoms with van der Waals surface area (Å²) in [5.41, 5.74) is 1.72. The molecule has 0 heterocycles. The Kier molecular flexibility index (Phi) is 4.34. The van der Waals surface area contributed by atoms with Gasteiger partial charge in [-0.2, -0.15) is 0 Å². The summed E-state index contributed by atoms with van der Waals surface area (Å²) in [6, 6.07) is 8.74. The van der Waals surface area contributed by atoms with E-state index < -0.39 is 0 Å². The van der Waals surface area contributed by atoms with Gasteiger partial charge < -0.3 is 5.32 Å². The zero-order valence-electron chi connectivity index (χ0n) is 11.7. The van der Waals surface area contributed by atoms with Crippen molar-refractivity contribution in [3.63, 3.8) is 0 Å². The van der Waals surface area contributed by atoms with E-state index in [1.807, 2.05) is 12.1 Å². The van der Waals surface area contributed by atoms with E-state index in [1.54, 1.807) is 0 Å². The molecule has 1 aromatic carbocycles. The Balaban J connectivity index is 1.90. The lowest BCUT2D eigenvalue weighted by Crippen LogP contribution is -2.41. The van der Waals surface area contributed by atoms with Gasteiger partial charge in [-0.05, 0) is 42.2 Å². The first-order valence-corrected chi connectivity index (χ1v) is 7.32. The van der Waals surface area contributed by atoms with Gasteiger partial charge in [-0.1, -0.05) is 50.6 Å². The van der Waals surface area contributed by atoms with Gasteiger partial charge >= 0.3 is 0 Å². The molecule has 0 radical (unpaired) electrons. The van der Waals surface area contributed by atoms with Crippen molar-refractivity contribution in [2.75, 3.05) is 0 Å². The van der Waals surface area contributed by atoms with Crippen molar-refractivity contribution in [2.45, 2.75) is 52.6 Å². The number of nitrogens with one attached hydrogen (secondary N) is 1. The molecule has 1 nitrogen and oxygen atoms in total. The van der Waals surface area contributed by atoms with E-state index in [-0.39, 0.29) is 0 Å². The summed E-state index contributed by atoms with van der Waals surface area (Å²) in [6.45, 7) is 8.02. The predicted octanol–water partition coefficient (Wildman–Crippen LogP) is 4.64. The van der Waals surface area contributed by atoms with Crippen LogP contribution in [0.1, 0.15) is 45.6 Å². The Morgan fingerprint density at radius 3 is 2.72 bits per heavy atom. The molecule has 0 saturated heterocycles. The zero-order chi connectivity index (χ0) is 13.2. The summed E-state index contributed by atoms with van der Waals surface area (Å²) in [5, 5.41) is 4.55. The standard InChI is InChI=1S/C16H24ClN/c1-12-10-16(2,3)9-8-15(12)18-11-13-6-4-5-7-14(13)17/h4-7,12,15,18H,8-11H2,1-3H3. The lowest BCUT2D eigenvalue weighted by Gasteiger charge is -2.39. The number of hydrogen-bond donors (Lipinski definition) is 1. The highest BCUT2D eigenvalue weighted by Crippen LogP contribution is 2.38. The molecule has 2 rings (SSSR count). The maximum Gasteiger partial charge on any atom is 0.0450 e. The van der Waals surface area contributed by atoms with E-state index in [2.05, 4.69) is 38.2 Å². The third-order valence-electron chi connectivity index (χ3n) is 4.21. The van der Waals surface area contributed by atoms with Crippen molar-refractivity contribution in [2.24, 2.45) is 11.3 Å². The van der Waals surface area contributed by atoms with E-state index >= 15 is 0 Å². The van der Waals surface area contributed by atoms with Gasteiger partial charge in [0.15, 0.2) is 0 Å². The van der Waals surface area contributed by atoms with Gasteiger partial charge in [0, 0.05) is 17.6 Å². The van der Waals surface area contributed by atoms with E-state index in [0.717, 1.165) is 17.5 Å². The minimum Gasteiger partial charge on any atom is -0.310 e. The van der Waals surface area contributed by atoms with Gasteiger partial charge in [0.25, 0.3) is 0 Å². The Morgan fingerprint density at radius 1 is 1.33 bits per heavy atom. The van der Waals surface area contributed by atoms with Crippen LogP contribution in [-0.4, -0.2) is 6.04 Å². The van der Waals surface area contributed by atoms with Crippen LogP contribution in [0.15, 0.2) is 24.3 Å². The van der Waals surface area contributed by atoms with Crippen LogP contribution in [0.5, 0.6) is 0 Å². The Bertz CT molecular complexity index is 400. The highest BCUT2D eigenvalue weighted by molar-refractivity contribution is 6.31. The molecule has 0 amide bonds.